The fraction of sp³-hybridized carbons (Fsp3) is 1.00. The molecule has 10 heteroatoms. The van der Waals surface area contributed by atoms with E-state index in [1.54, 1.807) is 0 Å². The molecule has 0 aliphatic rings. The van der Waals surface area contributed by atoms with Crippen LogP contribution in [0.25, 0.3) is 0 Å². The number of hydrogen-bond acceptors (Lipinski definition) is 6. The van der Waals surface area contributed by atoms with Crippen LogP contribution in [0.3, 0.4) is 0 Å². The zero-order valence-electron chi connectivity index (χ0n) is 21.3. The van der Waals surface area contributed by atoms with Gasteiger partial charge in [0.25, 0.3) is 20.2 Å². The highest BCUT2D eigenvalue weighted by molar-refractivity contribution is 7.85. The number of hydrogen-bond donors (Lipinski definition) is 4. The van der Waals surface area contributed by atoms with Crippen LogP contribution in [0.1, 0.15) is 116 Å². The van der Waals surface area contributed by atoms with Gasteiger partial charge in [-0.2, -0.15) is 16.8 Å². The first kappa shape index (κ1) is 37.3. The van der Waals surface area contributed by atoms with E-state index >= 15 is 0 Å². The van der Waals surface area contributed by atoms with Crippen molar-refractivity contribution >= 4 is 20.2 Å². The molecule has 0 saturated carbocycles. The van der Waals surface area contributed by atoms with Gasteiger partial charge in [0.1, 0.15) is 0 Å². The summed E-state index contributed by atoms with van der Waals surface area (Å²) in [7, 11) is -7.33. The van der Waals surface area contributed by atoms with Crippen molar-refractivity contribution in [1.29, 1.82) is 0 Å². The summed E-state index contributed by atoms with van der Waals surface area (Å²) in [5, 5.41) is 18.0. The summed E-state index contributed by atoms with van der Waals surface area (Å²) in [5.74, 6) is 0.113. The molecule has 0 aromatic rings. The Morgan fingerprint density at radius 1 is 0.515 bits per heavy atom. The Balaban J connectivity index is -0.000000746. The van der Waals surface area contributed by atoms with Crippen LogP contribution in [0.5, 0.6) is 0 Å². The predicted octanol–water partition coefficient (Wildman–Crippen LogP) is 5.25. The fourth-order valence-corrected chi connectivity index (χ4v) is 3.22. The number of rotatable bonds is 19. The van der Waals surface area contributed by atoms with Crippen molar-refractivity contribution in [1.82, 2.24) is 0 Å². The summed E-state index contributed by atoms with van der Waals surface area (Å²) in [6.07, 6.45) is 24.6. The summed E-state index contributed by atoms with van der Waals surface area (Å²) in [4.78, 5) is 0. The average Bonchev–Trinajstić information content (AvgIpc) is 2.68. The van der Waals surface area contributed by atoms with Crippen LogP contribution in [-0.4, -0.2) is 61.9 Å². The molecule has 0 aliphatic heterocycles. The lowest BCUT2D eigenvalue weighted by Gasteiger charge is -2.09. The summed E-state index contributed by atoms with van der Waals surface area (Å²) < 4.78 is 51.7. The van der Waals surface area contributed by atoms with Crippen molar-refractivity contribution in [2.45, 2.75) is 116 Å². The molecule has 0 unspecified atom stereocenters. The lowest BCUT2D eigenvalue weighted by Crippen LogP contribution is -2.10. The molecular formula is C23H52O8S2. The maximum atomic E-state index is 9.19. The third-order valence-corrected chi connectivity index (χ3v) is 4.98. The van der Waals surface area contributed by atoms with Crippen LogP contribution in [0.2, 0.25) is 0 Å². The van der Waals surface area contributed by atoms with Crippen LogP contribution >= 0.6 is 0 Å². The van der Waals surface area contributed by atoms with Gasteiger partial charge in [-0.3, -0.25) is 9.11 Å². The smallest absolute Gasteiger partial charge is 0.261 e. The van der Waals surface area contributed by atoms with E-state index in [0.29, 0.717) is 12.5 Å². The van der Waals surface area contributed by atoms with E-state index in [2.05, 4.69) is 6.92 Å². The molecule has 0 amide bonds. The second-order valence-corrected chi connectivity index (χ2v) is 11.7. The zero-order chi connectivity index (χ0) is 26.0. The Hall–Kier alpha value is -0.260. The molecule has 0 spiro atoms. The SMILES string of the molecule is CCCCCCCCCCCCCCCCCCC(CO)CO.CS(=O)(=O)O.CS(=O)(=O)O. The predicted molar refractivity (Wildman–Crippen MR) is 137 cm³/mol. The van der Waals surface area contributed by atoms with Crippen LogP contribution < -0.4 is 0 Å². The van der Waals surface area contributed by atoms with Crippen LogP contribution in [0, 0.1) is 5.92 Å². The molecule has 0 aromatic carbocycles. The molecule has 0 aromatic heterocycles. The number of unbranched alkanes of at least 4 members (excludes halogenated alkanes) is 15. The van der Waals surface area contributed by atoms with Gasteiger partial charge in [-0.25, -0.2) is 0 Å². The van der Waals surface area contributed by atoms with Crippen LogP contribution in [-0.2, 0) is 20.2 Å². The largest absolute Gasteiger partial charge is 0.396 e. The van der Waals surface area contributed by atoms with E-state index in [1.165, 1.54) is 96.3 Å². The van der Waals surface area contributed by atoms with Gasteiger partial charge in [-0.05, 0) is 6.42 Å². The summed E-state index contributed by atoms with van der Waals surface area (Å²) >= 11 is 0. The van der Waals surface area contributed by atoms with Gasteiger partial charge in [-0.15, -0.1) is 0 Å². The molecule has 0 saturated heterocycles. The van der Waals surface area contributed by atoms with Crippen molar-refractivity contribution in [3.05, 3.63) is 0 Å². The second-order valence-electron chi connectivity index (χ2n) is 8.79. The van der Waals surface area contributed by atoms with Crippen molar-refractivity contribution in [2.75, 3.05) is 25.7 Å². The van der Waals surface area contributed by atoms with E-state index in [-0.39, 0.29) is 19.1 Å². The lowest BCUT2D eigenvalue weighted by atomic mass is 10.0. The minimum absolute atomic E-state index is 0.113. The molecule has 8 nitrogen and oxygen atoms in total. The lowest BCUT2D eigenvalue weighted by molar-refractivity contribution is 0.141. The first-order chi connectivity index (χ1) is 15.3. The first-order valence-corrected chi connectivity index (χ1v) is 16.1. The van der Waals surface area contributed by atoms with Crippen molar-refractivity contribution < 1.29 is 36.2 Å². The number of aliphatic hydroxyl groups excluding tert-OH is 2. The molecule has 0 atom stereocenters. The van der Waals surface area contributed by atoms with Crippen LogP contribution in [0.4, 0.5) is 0 Å². The molecule has 0 fully saturated rings. The van der Waals surface area contributed by atoms with Crippen LogP contribution in [0.15, 0.2) is 0 Å². The topological polar surface area (TPSA) is 149 Å². The van der Waals surface area contributed by atoms with Gasteiger partial charge in [0, 0.05) is 19.1 Å². The third kappa shape index (κ3) is 59.4. The van der Waals surface area contributed by atoms with Crippen molar-refractivity contribution in [3.8, 4) is 0 Å². The molecule has 204 valence electrons. The van der Waals surface area contributed by atoms with Crippen molar-refractivity contribution in [2.24, 2.45) is 5.92 Å². The quantitative estimate of drug-likeness (QED) is 0.133. The van der Waals surface area contributed by atoms with Crippen molar-refractivity contribution in [3.63, 3.8) is 0 Å². The second kappa shape index (κ2) is 26.3. The Morgan fingerprint density at radius 2 is 0.727 bits per heavy atom. The molecule has 0 radical (unpaired) electrons. The standard InChI is InChI=1S/C21H44O2.2CH4O3S/c1-2-3-4-5-6-7-8-9-10-11-12-13-14-15-16-17-18-21(19-22)20-23;2*1-5(2,3)4/h21-23H,2-20H2,1H3;2*1H3,(H,2,3,4). The van der Waals surface area contributed by atoms with E-state index in [0.717, 1.165) is 12.8 Å². The molecule has 4 N–H and O–H groups in total. The molecule has 33 heavy (non-hydrogen) atoms. The summed E-state index contributed by atoms with van der Waals surface area (Å²) in [6, 6.07) is 0. The Morgan fingerprint density at radius 3 is 0.939 bits per heavy atom. The molecule has 0 bridgehead atoms. The zero-order valence-corrected chi connectivity index (χ0v) is 22.9. The Labute approximate surface area is 204 Å². The van der Waals surface area contributed by atoms with E-state index < -0.39 is 20.2 Å². The fourth-order valence-electron chi connectivity index (χ4n) is 3.22. The average molecular weight is 521 g/mol. The highest BCUT2D eigenvalue weighted by atomic mass is 32.2. The minimum atomic E-state index is -3.67. The normalized spacial score (nSPS) is 11.5. The maximum absolute atomic E-state index is 9.19. The van der Waals surface area contributed by atoms with Gasteiger partial charge in [0.15, 0.2) is 0 Å². The highest BCUT2D eigenvalue weighted by Crippen LogP contribution is 2.15. The highest BCUT2D eigenvalue weighted by Gasteiger charge is 2.04. The molecule has 0 rings (SSSR count). The van der Waals surface area contributed by atoms with E-state index in [9.17, 15) is 16.8 Å². The van der Waals surface area contributed by atoms with Gasteiger partial charge >= 0.3 is 0 Å². The van der Waals surface area contributed by atoms with Gasteiger partial charge in [0.2, 0.25) is 0 Å². The van der Waals surface area contributed by atoms with Gasteiger partial charge in [-0.1, -0.05) is 110 Å². The summed E-state index contributed by atoms with van der Waals surface area (Å²) in [6.45, 7) is 2.55. The number of aliphatic hydroxyl groups is 2. The minimum Gasteiger partial charge on any atom is -0.396 e. The summed E-state index contributed by atoms with van der Waals surface area (Å²) in [5.41, 5.74) is 0. The van der Waals surface area contributed by atoms with Gasteiger partial charge in [0.05, 0.1) is 12.5 Å². The third-order valence-electron chi connectivity index (χ3n) is 4.98. The van der Waals surface area contributed by atoms with Gasteiger partial charge < -0.3 is 10.2 Å². The monoisotopic (exact) mass is 520 g/mol. The molecule has 0 aliphatic carbocycles. The molecule has 0 heterocycles. The van der Waals surface area contributed by atoms with E-state index in [4.69, 9.17) is 19.3 Å². The maximum Gasteiger partial charge on any atom is 0.261 e. The first-order valence-electron chi connectivity index (χ1n) is 12.4. The Bertz CT molecular complexity index is 527. The van der Waals surface area contributed by atoms with E-state index in [1.807, 2.05) is 0 Å². The molecular weight excluding hydrogens is 468 g/mol. The Kier molecular flexibility index (Phi) is 29.8.